The number of hydrogen-bond donors (Lipinski definition) is 0. The smallest absolute Gasteiger partial charge is 0.339 e. The molecule has 0 radical (unpaired) electrons. The predicted molar refractivity (Wildman–Crippen MR) is 103 cm³/mol. The first-order chi connectivity index (χ1) is 12.1. The van der Waals surface area contributed by atoms with Crippen molar-refractivity contribution in [3.63, 3.8) is 0 Å². The first-order valence-corrected chi connectivity index (χ1v) is 10.0. The van der Waals surface area contributed by atoms with E-state index in [0.717, 1.165) is 51.4 Å². The SMILES string of the molecule is CCCCCCOC(=O)c1ccc(C(=O)OCCCCCC)c(Br)c1. The van der Waals surface area contributed by atoms with E-state index in [2.05, 4.69) is 29.8 Å². The van der Waals surface area contributed by atoms with Crippen LogP contribution in [-0.2, 0) is 9.47 Å². The normalized spacial score (nSPS) is 10.5. The Morgan fingerprint density at radius 1 is 0.840 bits per heavy atom. The summed E-state index contributed by atoms with van der Waals surface area (Å²) >= 11 is 3.34. The Morgan fingerprint density at radius 3 is 1.92 bits per heavy atom. The van der Waals surface area contributed by atoms with Gasteiger partial charge < -0.3 is 9.47 Å². The molecule has 140 valence electrons. The summed E-state index contributed by atoms with van der Waals surface area (Å²) in [6, 6.07) is 4.82. The van der Waals surface area contributed by atoms with Gasteiger partial charge in [0, 0.05) is 4.47 Å². The molecule has 0 amide bonds. The first kappa shape index (κ1) is 21.7. The number of hydrogen-bond acceptors (Lipinski definition) is 4. The van der Waals surface area contributed by atoms with Crippen LogP contribution in [0.1, 0.15) is 85.9 Å². The average Bonchev–Trinajstić information content (AvgIpc) is 2.60. The molecule has 0 aliphatic carbocycles. The first-order valence-electron chi connectivity index (χ1n) is 9.24. The number of esters is 2. The lowest BCUT2D eigenvalue weighted by molar-refractivity contribution is 0.0482. The largest absolute Gasteiger partial charge is 0.462 e. The van der Waals surface area contributed by atoms with E-state index in [9.17, 15) is 9.59 Å². The Hall–Kier alpha value is -1.36. The minimum atomic E-state index is -0.372. The van der Waals surface area contributed by atoms with Crippen LogP contribution in [0.4, 0.5) is 0 Å². The lowest BCUT2D eigenvalue weighted by Gasteiger charge is -2.08. The number of carbonyl (C=O) groups excluding carboxylic acids is 2. The minimum Gasteiger partial charge on any atom is -0.462 e. The van der Waals surface area contributed by atoms with Crippen LogP contribution in [0.5, 0.6) is 0 Å². The van der Waals surface area contributed by atoms with Gasteiger partial charge in [0.25, 0.3) is 0 Å². The van der Waals surface area contributed by atoms with Gasteiger partial charge in [0.15, 0.2) is 0 Å². The number of halogens is 1. The lowest BCUT2D eigenvalue weighted by atomic mass is 10.1. The molecule has 0 saturated carbocycles. The molecule has 0 atom stereocenters. The molecule has 25 heavy (non-hydrogen) atoms. The van der Waals surface area contributed by atoms with Gasteiger partial charge >= 0.3 is 11.9 Å². The zero-order chi connectivity index (χ0) is 18.5. The molecular weight excluding hydrogens is 384 g/mol. The van der Waals surface area contributed by atoms with Crippen molar-refractivity contribution < 1.29 is 19.1 Å². The van der Waals surface area contributed by atoms with Crippen molar-refractivity contribution in [2.75, 3.05) is 13.2 Å². The Labute approximate surface area is 159 Å². The van der Waals surface area contributed by atoms with Crippen molar-refractivity contribution >= 4 is 27.9 Å². The van der Waals surface area contributed by atoms with Gasteiger partial charge in [0.1, 0.15) is 0 Å². The molecule has 0 N–H and O–H groups in total. The molecule has 0 aromatic heterocycles. The monoisotopic (exact) mass is 412 g/mol. The fourth-order valence-corrected chi connectivity index (χ4v) is 2.90. The second kappa shape index (κ2) is 12.9. The Balaban J connectivity index is 2.47. The van der Waals surface area contributed by atoms with Crippen molar-refractivity contribution in [1.29, 1.82) is 0 Å². The summed E-state index contributed by atoms with van der Waals surface area (Å²) in [6.07, 6.45) is 8.48. The quantitative estimate of drug-likeness (QED) is 0.315. The second-order valence-electron chi connectivity index (χ2n) is 6.09. The Morgan fingerprint density at radius 2 is 1.40 bits per heavy atom. The van der Waals surface area contributed by atoms with Crippen molar-refractivity contribution in [2.45, 2.75) is 65.2 Å². The maximum Gasteiger partial charge on any atom is 0.339 e. The predicted octanol–water partition coefficient (Wildman–Crippen LogP) is 5.92. The van der Waals surface area contributed by atoms with Crippen LogP contribution in [0.3, 0.4) is 0 Å². The zero-order valence-electron chi connectivity index (χ0n) is 15.3. The third kappa shape index (κ3) is 8.52. The van der Waals surface area contributed by atoms with E-state index in [1.807, 2.05) is 0 Å². The number of ether oxygens (including phenoxy) is 2. The molecule has 1 rings (SSSR count). The fourth-order valence-electron chi connectivity index (χ4n) is 2.36. The summed E-state index contributed by atoms with van der Waals surface area (Å²) in [5.74, 6) is -0.737. The van der Waals surface area contributed by atoms with Crippen LogP contribution in [0.2, 0.25) is 0 Å². The summed E-state index contributed by atoms with van der Waals surface area (Å²) < 4.78 is 11.1. The molecule has 0 aliphatic heterocycles. The second-order valence-corrected chi connectivity index (χ2v) is 6.94. The molecule has 0 saturated heterocycles. The third-order valence-electron chi connectivity index (χ3n) is 3.89. The molecule has 4 nitrogen and oxygen atoms in total. The van der Waals surface area contributed by atoms with Crippen molar-refractivity contribution in [3.8, 4) is 0 Å². The fraction of sp³-hybridized carbons (Fsp3) is 0.600. The maximum atomic E-state index is 12.1. The Bertz CT molecular complexity index is 542. The van der Waals surface area contributed by atoms with Crippen LogP contribution in [0.25, 0.3) is 0 Å². The van der Waals surface area contributed by atoms with Gasteiger partial charge in [0.05, 0.1) is 24.3 Å². The summed E-state index contributed by atoms with van der Waals surface area (Å²) in [6.45, 7) is 5.13. The highest BCUT2D eigenvalue weighted by molar-refractivity contribution is 9.10. The summed E-state index contributed by atoms with van der Waals surface area (Å²) in [4.78, 5) is 24.1. The van der Waals surface area contributed by atoms with E-state index < -0.39 is 0 Å². The number of carbonyl (C=O) groups is 2. The topological polar surface area (TPSA) is 52.6 Å². The van der Waals surface area contributed by atoms with Gasteiger partial charge in [0.2, 0.25) is 0 Å². The highest BCUT2D eigenvalue weighted by Crippen LogP contribution is 2.20. The van der Waals surface area contributed by atoms with E-state index >= 15 is 0 Å². The van der Waals surface area contributed by atoms with Gasteiger partial charge in [-0.3, -0.25) is 0 Å². The molecule has 0 unspecified atom stereocenters. The summed E-state index contributed by atoms with van der Waals surface area (Å²) in [5.41, 5.74) is 0.858. The van der Waals surface area contributed by atoms with Gasteiger partial charge in [-0.1, -0.05) is 52.4 Å². The lowest BCUT2D eigenvalue weighted by Crippen LogP contribution is -2.10. The van der Waals surface area contributed by atoms with Crippen molar-refractivity contribution in [2.24, 2.45) is 0 Å². The van der Waals surface area contributed by atoms with E-state index in [1.54, 1.807) is 18.2 Å². The van der Waals surface area contributed by atoms with Gasteiger partial charge in [-0.2, -0.15) is 0 Å². The molecule has 0 spiro atoms. The molecule has 0 heterocycles. The highest BCUT2D eigenvalue weighted by Gasteiger charge is 2.15. The zero-order valence-corrected chi connectivity index (χ0v) is 16.9. The highest BCUT2D eigenvalue weighted by atomic mass is 79.9. The number of benzene rings is 1. The molecule has 0 bridgehead atoms. The number of unbranched alkanes of at least 4 members (excludes halogenated alkanes) is 6. The van der Waals surface area contributed by atoms with Crippen LogP contribution >= 0.6 is 15.9 Å². The molecule has 0 fully saturated rings. The van der Waals surface area contributed by atoms with Crippen molar-refractivity contribution in [3.05, 3.63) is 33.8 Å². The molecule has 5 heteroatoms. The van der Waals surface area contributed by atoms with E-state index in [1.165, 1.54) is 0 Å². The van der Waals surface area contributed by atoms with Gasteiger partial charge in [-0.05, 0) is 47.0 Å². The average molecular weight is 413 g/mol. The van der Waals surface area contributed by atoms with Crippen LogP contribution in [-0.4, -0.2) is 25.2 Å². The molecular formula is C20H29BrO4. The van der Waals surface area contributed by atoms with E-state index in [-0.39, 0.29) is 11.9 Å². The number of rotatable bonds is 12. The maximum absolute atomic E-state index is 12.1. The van der Waals surface area contributed by atoms with Crippen LogP contribution in [0.15, 0.2) is 22.7 Å². The van der Waals surface area contributed by atoms with Gasteiger partial charge in [-0.25, -0.2) is 9.59 Å². The Kier molecular flexibility index (Phi) is 11.2. The molecule has 1 aromatic carbocycles. The van der Waals surface area contributed by atoms with Crippen molar-refractivity contribution in [1.82, 2.24) is 0 Å². The van der Waals surface area contributed by atoms with Gasteiger partial charge in [-0.15, -0.1) is 0 Å². The summed E-state index contributed by atoms with van der Waals surface area (Å²) in [5, 5.41) is 0. The van der Waals surface area contributed by atoms with E-state index in [0.29, 0.717) is 28.8 Å². The standard InChI is InChI=1S/C20H29BrO4/c1-3-5-7-9-13-24-19(22)16-11-12-17(18(21)15-16)20(23)25-14-10-8-6-4-2/h11-12,15H,3-10,13-14H2,1-2H3. The molecule has 0 aliphatic rings. The van der Waals surface area contributed by atoms with Crippen LogP contribution < -0.4 is 0 Å². The third-order valence-corrected chi connectivity index (χ3v) is 4.54. The van der Waals surface area contributed by atoms with E-state index in [4.69, 9.17) is 9.47 Å². The minimum absolute atomic E-state index is 0.364. The molecule has 1 aromatic rings. The summed E-state index contributed by atoms with van der Waals surface area (Å²) in [7, 11) is 0. The van der Waals surface area contributed by atoms with Crippen LogP contribution in [0, 0.1) is 0 Å².